The molecule has 1 fully saturated rings. The van der Waals surface area contributed by atoms with Crippen LogP contribution in [0.25, 0.3) is 0 Å². The first-order valence-corrected chi connectivity index (χ1v) is 6.69. The van der Waals surface area contributed by atoms with Crippen LogP contribution in [0.5, 0.6) is 0 Å². The molecule has 18 heavy (non-hydrogen) atoms. The number of hydrogen-bond donors (Lipinski definition) is 0. The number of nitro benzene ring substituents is 1. The Balaban J connectivity index is 2.56. The van der Waals surface area contributed by atoms with Gasteiger partial charge < -0.3 is 4.90 Å². The maximum Gasteiger partial charge on any atom is 0.297 e. The van der Waals surface area contributed by atoms with Gasteiger partial charge >= 0.3 is 0 Å². The molecule has 1 heterocycles. The summed E-state index contributed by atoms with van der Waals surface area (Å²) in [5.41, 5.74) is -0.688. The predicted octanol–water partition coefficient (Wildman–Crippen LogP) is 3.00. The van der Waals surface area contributed by atoms with Crippen molar-refractivity contribution in [3.8, 4) is 0 Å². The van der Waals surface area contributed by atoms with Crippen LogP contribution < -0.4 is 4.90 Å². The number of nitrogens with zero attached hydrogens (tertiary/aromatic N) is 2. The molecular formula is C10H7Br2FN2O3. The summed E-state index contributed by atoms with van der Waals surface area (Å²) in [6, 6.07) is 2.30. The molecular weight excluding hydrogens is 375 g/mol. The van der Waals surface area contributed by atoms with E-state index < -0.39 is 16.4 Å². The van der Waals surface area contributed by atoms with Gasteiger partial charge in [0.05, 0.1) is 4.92 Å². The van der Waals surface area contributed by atoms with Gasteiger partial charge in [0.15, 0.2) is 11.5 Å². The number of halogens is 3. The van der Waals surface area contributed by atoms with Crippen molar-refractivity contribution >= 4 is 49.1 Å². The van der Waals surface area contributed by atoms with Gasteiger partial charge in [-0.3, -0.25) is 14.9 Å². The van der Waals surface area contributed by atoms with Crippen molar-refractivity contribution < 1.29 is 14.1 Å². The standard InChI is InChI=1S/C10H7Br2FN2O3/c11-5-1-7(13)10(8(2-5)15(17)18)14-4-6(12)3-9(14)16/h1-2,6H,3-4H2. The topological polar surface area (TPSA) is 63.5 Å². The van der Waals surface area contributed by atoms with Gasteiger partial charge in [-0.1, -0.05) is 31.9 Å². The Morgan fingerprint density at radius 1 is 1.50 bits per heavy atom. The normalized spacial score (nSPS) is 19.4. The second-order valence-corrected chi connectivity index (χ2v) is 6.03. The Kier molecular flexibility index (Phi) is 3.67. The molecule has 0 radical (unpaired) electrons. The number of rotatable bonds is 2. The third-order valence-electron chi connectivity index (χ3n) is 2.55. The smallest absolute Gasteiger partial charge is 0.297 e. The molecule has 8 heteroatoms. The van der Waals surface area contributed by atoms with E-state index in [0.29, 0.717) is 0 Å². The van der Waals surface area contributed by atoms with Crippen molar-refractivity contribution in [1.29, 1.82) is 0 Å². The Morgan fingerprint density at radius 3 is 2.67 bits per heavy atom. The second kappa shape index (κ2) is 4.93. The van der Waals surface area contributed by atoms with Crippen LogP contribution in [-0.4, -0.2) is 22.2 Å². The molecule has 0 bridgehead atoms. The average molecular weight is 382 g/mol. The number of carbonyl (C=O) groups is 1. The molecule has 0 N–H and O–H groups in total. The summed E-state index contributed by atoms with van der Waals surface area (Å²) < 4.78 is 14.1. The SMILES string of the molecule is O=C1CC(Br)CN1c1c(F)cc(Br)cc1[N+](=O)[O-]. The highest BCUT2D eigenvalue weighted by Gasteiger charge is 2.35. The Morgan fingerprint density at radius 2 is 2.17 bits per heavy atom. The van der Waals surface area contributed by atoms with Crippen molar-refractivity contribution in [2.45, 2.75) is 11.2 Å². The minimum Gasteiger partial charge on any atom is -0.303 e. The van der Waals surface area contributed by atoms with Crippen molar-refractivity contribution in [3.05, 3.63) is 32.5 Å². The van der Waals surface area contributed by atoms with Crippen LogP contribution in [0.15, 0.2) is 16.6 Å². The number of amides is 1. The Labute approximate surface area is 118 Å². The number of carbonyl (C=O) groups excluding carboxylic acids is 1. The fourth-order valence-electron chi connectivity index (χ4n) is 1.84. The van der Waals surface area contributed by atoms with Gasteiger partial charge in [-0.05, 0) is 6.07 Å². The fourth-order valence-corrected chi connectivity index (χ4v) is 2.82. The molecule has 1 amide bonds. The summed E-state index contributed by atoms with van der Waals surface area (Å²) in [5, 5.41) is 10.9. The number of benzene rings is 1. The molecule has 96 valence electrons. The van der Waals surface area contributed by atoms with Gasteiger partial charge in [0.1, 0.15) is 0 Å². The maximum atomic E-state index is 13.9. The van der Waals surface area contributed by atoms with E-state index >= 15 is 0 Å². The van der Waals surface area contributed by atoms with Crippen LogP contribution in [0.4, 0.5) is 15.8 Å². The lowest BCUT2D eigenvalue weighted by atomic mass is 10.2. The number of alkyl halides is 1. The van der Waals surface area contributed by atoms with Crippen molar-refractivity contribution in [1.82, 2.24) is 0 Å². The third-order valence-corrected chi connectivity index (χ3v) is 3.62. The lowest BCUT2D eigenvalue weighted by Gasteiger charge is -2.16. The van der Waals surface area contributed by atoms with Crippen LogP contribution in [0.2, 0.25) is 0 Å². The quantitative estimate of drug-likeness (QED) is 0.449. The van der Waals surface area contributed by atoms with Gasteiger partial charge in [-0.25, -0.2) is 4.39 Å². The molecule has 1 aliphatic rings. The summed E-state index contributed by atoms with van der Waals surface area (Å²) in [6.07, 6.45) is 0.201. The van der Waals surface area contributed by atoms with E-state index in [1.54, 1.807) is 0 Å². The lowest BCUT2D eigenvalue weighted by molar-refractivity contribution is -0.384. The van der Waals surface area contributed by atoms with Crippen molar-refractivity contribution in [2.75, 3.05) is 11.4 Å². The molecule has 1 aliphatic heterocycles. The maximum absolute atomic E-state index is 13.9. The lowest BCUT2D eigenvalue weighted by Crippen LogP contribution is -2.26. The molecule has 0 saturated carbocycles. The molecule has 1 atom stereocenters. The van der Waals surface area contributed by atoms with Gasteiger partial charge in [-0.15, -0.1) is 0 Å². The average Bonchev–Trinajstić information content (AvgIpc) is 2.56. The van der Waals surface area contributed by atoms with Gasteiger partial charge in [0.2, 0.25) is 5.91 Å². The van der Waals surface area contributed by atoms with Crippen LogP contribution in [0, 0.1) is 15.9 Å². The van der Waals surface area contributed by atoms with E-state index in [2.05, 4.69) is 31.9 Å². The van der Waals surface area contributed by atoms with Crippen LogP contribution in [0.1, 0.15) is 6.42 Å². The van der Waals surface area contributed by atoms with E-state index in [0.717, 1.165) is 11.0 Å². The molecule has 1 unspecified atom stereocenters. The predicted molar refractivity (Wildman–Crippen MR) is 70.4 cm³/mol. The van der Waals surface area contributed by atoms with Gasteiger partial charge in [-0.2, -0.15) is 0 Å². The zero-order valence-electron chi connectivity index (χ0n) is 8.90. The largest absolute Gasteiger partial charge is 0.303 e. The third kappa shape index (κ3) is 2.39. The van der Waals surface area contributed by atoms with Crippen molar-refractivity contribution in [3.63, 3.8) is 0 Å². The van der Waals surface area contributed by atoms with E-state index in [4.69, 9.17) is 0 Å². The minimum atomic E-state index is -0.786. The summed E-state index contributed by atoms with van der Waals surface area (Å²) in [6.45, 7) is 0.220. The highest BCUT2D eigenvalue weighted by molar-refractivity contribution is 9.10. The first kappa shape index (κ1) is 13.4. The molecule has 1 aromatic rings. The second-order valence-electron chi connectivity index (χ2n) is 3.82. The van der Waals surface area contributed by atoms with E-state index in [1.807, 2.05) is 0 Å². The molecule has 2 rings (SSSR count). The first-order valence-electron chi connectivity index (χ1n) is 4.98. The van der Waals surface area contributed by atoms with E-state index in [-0.39, 0.29) is 33.9 Å². The van der Waals surface area contributed by atoms with Crippen LogP contribution >= 0.6 is 31.9 Å². The van der Waals surface area contributed by atoms with Gasteiger partial charge in [0, 0.05) is 28.3 Å². The molecule has 0 aliphatic carbocycles. The first-order chi connectivity index (χ1) is 8.40. The van der Waals surface area contributed by atoms with Crippen LogP contribution in [0.3, 0.4) is 0 Å². The highest BCUT2D eigenvalue weighted by Crippen LogP contribution is 2.37. The van der Waals surface area contributed by atoms with E-state index in [1.165, 1.54) is 6.07 Å². The zero-order valence-corrected chi connectivity index (χ0v) is 12.1. The highest BCUT2D eigenvalue weighted by atomic mass is 79.9. The molecule has 1 saturated heterocycles. The monoisotopic (exact) mass is 380 g/mol. The number of hydrogen-bond acceptors (Lipinski definition) is 3. The Bertz CT molecular complexity index is 538. The number of nitro groups is 1. The molecule has 5 nitrogen and oxygen atoms in total. The summed E-state index contributed by atoms with van der Waals surface area (Å²) in [4.78, 5) is 22.9. The molecule has 0 spiro atoms. The summed E-state index contributed by atoms with van der Waals surface area (Å²) >= 11 is 6.25. The van der Waals surface area contributed by atoms with Gasteiger partial charge in [0.25, 0.3) is 5.69 Å². The van der Waals surface area contributed by atoms with E-state index in [9.17, 15) is 19.3 Å². The minimum absolute atomic E-state index is 0.118. The summed E-state index contributed by atoms with van der Waals surface area (Å²) in [5.74, 6) is -1.12. The van der Waals surface area contributed by atoms with Crippen molar-refractivity contribution in [2.24, 2.45) is 0 Å². The Hall–Kier alpha value is -1.02. The number of anilines is 1. The summed E-state index contributed by atoms with van der Waals surface area (Å²) in [7, 11) is 0. The molecule has 0 aromatic heterocycles. The fraction of sp³-hybridized carbons (Fsp3) is 0.300. The van der Waals surface area contributed by atoms with Crippen LogP contribution in [-0.2, 0) is 4.79 Å². The molecule has 1 aromatic carbocycles. The zero-order chi connectivity index (χ0) is 13.4.